The lowest BCUT2D eigenvalue weighted by Gasteiger charge is -2.31. The molecule has 0 amide bonds. The first-order valence-electron chi connectivity index (χ1n) is 6.23. The van der Waals surface area contributed by atoms with E-state index in [-0.39, 0.29) is 25.4 Å². The molecule has 0 aliphatic rings. The molecular formula is C13H19F2N3O2. The lowest BCUT2D eigenvalue weighted by molar-refractivity contribution is 0.0555. The number of oxime groups is 1. The standard InChI is InChI=1S/C13H19F2N3O2/c14-12(15)9-18(6-7-19)11(8-13(16)17-20)10-4-2-1-3-5-10/h1-5,11-12,19-20H,6-9H2,(H2,16,17). The van der Waals surface area contributed by atoms with Crippen molar-refractivity contribution in [3.63, 3.8) is 0 Å². The fourth-order valence-corrected chi connectivity index (χ4v) is 2.05. The number of halogens is 2. The minimum atomic E-state index is -2.53. The Morgan fingerprint density at radius 2 is 1.95 bits per heavy atom. The van der Waals surface area contributed by atoms with Gasteiger partial charge in [0.2, 0.25) is 0 Å². The van der Waals surface area contributed by atoms with Crippen LogP contribution in [0.3, 0.4) is 0 Å². The highest BCUT2D eigenvalue weighted by Crippen LogP contribution is 2.24. The molecule has 0 aliphatic heterocycles. The van der Waals surface area contributed by atoms with E-state index in [9.17, 15) is 8.78 Å². The summed E-state index contributed by atoms with van der Waals surface area (Å²) in [5, 5.41) is 20.6. The van der Waals surface area contributed by atoms with E-state index in [0.29, 0.717) is 0 Å². The molecule has 7 heteroatoms. The summed E-state index contributed by atoms with van der Waals surface area (Å²) in [6, 6.07) is 8.47. The predicted octanol–water partition coefficient (Wildman–Crippen LogP) is 1.42. The molecule has 1 unspecified atom stereocenters. The summed E-state index contributed by atoms with van der Waals surface area (Å²) in [5.74, 6) is -0.0453. The number of benzene rings is 1. The summed E-state index contributed by atoms with van der Waals surface area (Å²) in [5.41, 5.74) is 6.27. The van der Waals surface area contributed by atoms with Gasteiger partial charge in [0.15, 0.2) is 0 Å². The first-order valence-corrected chi connectivity index (χ1v) is 6.23. The topological polar surface area (TPSA) is 82.1 Å². The minimum Gasteiger partial charge on any atom is -0.409 e. The molecule has 112 valence electrons. The van der Waals surface area contributed by atoms with Crippen LogP contribution in [0.5, 0.6) is 0 Å². The number of hydrogen-bond acceptors (Lipinski definition) is 4. The van der Waals surface area contributed by atoms with Gasteiger partial charge in [0.25, 0.3) is 6.43 Å². The molecule has 0 saturated carbocycles. The molecule has 0 fully saturated rings. The van der Waals surface area contributed by atoms with Gasteiger partial charge in [-0.25, -0.2) is 8.78 Å². The Bertz CT molecular complexity index is 415. The van der Waals surface area contributed by atoms with Gasteiger partial charge < -0.3 is 16.0 Å². The molecule has 0 aromatic heterocycles. The summed E-state index contributed by atoms with van der Waals surface area (Å²) < 4.78 is 25.3. The minimum absolute atomic E-state index is 0.0453. The maximum absolute atomic E-state index is 12.7. The highest BCUT2D eigenvalue weighted by Gasteiger charge is 2.24. The Balaban J connectivity index is 3.00. The van der Waals surface area contributed by atoms with Crippen molar-refractivity contribution in [2.45, 2.75) is 18.9 Å². The number of rotatable bonds is 8. The second-order valence-electron chi connectivity index (χ2n) is 4.33. The van der Waals surface area contributed by atoms with Crippen LogP contribution in [-0.2, 0) is 0 Å². The van der Waals surface area contributed by atoms with Gasteiger partial charge in [-0.05, 0) is 5.56 Å². The highest BCUT2D eigenvalue weighted by molar-refractivity contribution is 5.80. The Morgan fingerprint density at radius 3 is 2.45 bits per heavy atom. The summed E-state index contributed by atoms with van der Waals surface area (Å²) in [4.78, 5) is 1.43. The van der Waals surface area contributed by atoms with E-state index in [4.69, 9.17) is 16.0 Å². The van der Waals surface area contributed by atoms with Crippen LogP contribution >= 0.6 is 0 Å². The Kier molecular flexibility index (Phi) is 6.89. The number of amidine groups is 1. The first kappa shape index (κ1) is 16.3. The van der Waals surface area contributed by atoms with Gasteiger partial charge in [-0.15, -0.1) is 0 Å². The Hall–Kier alpha value is -1.73. The quantitative estimate of drug-likeness (QED) is 0.292. The average Bonchev–Trinajstić information content (AvgIpc) is 2.44. The number of alkyl halides is 2. The maximum atomic E-state index is 12.7. The van der Waals surface area contributed by atoms with E-state index in [0.717, 1.165) is 5.56 Å². The second-order valence-corrected chi connectivity index (χ2v) is 4.33. The van der Waals surface area contributed by atoms with Crippen LogP contribution in [-0.4, -0.2) is 47.2 Å². The van der Waals surface area contributed by atoms with Crippen molar-refractivity contribution in [2.24, 2.45) is 10.9 Å². The second kappa shape index (κ2) is 8.44. The van der Waals surface area contributed by atoms with Gasteiger partial charge in [-0.2, -0.15) is 0 Å². The van der Waals surface area contributed by atoms with Gasteiger partial charge in [-0.3, -0.25) is 4.90 Å². The Morgan fingerprint density at radius 1 is 1.30 bits per heavy atom. The van der Waals surface area contributed by atoms with Crippen molar-refractivity contribution in [1.82, 2.24) is 4.90 Å². The zero-order valence-corrected chi connectivity index (χ0v) is 11.0. The van der Waals surface area contributed by atoms with Crippen molar-refractivity contribution >= 4 is 5.84 Å². The fourth-order valence-electron chi connectivity index (χ4n) is 2.05. The molecule has 1 aromatic carbocycles. The number of aliphatic hydroxyl groups excluding tert-OH is 1. The van der Waals surface area contributed by atoms with Crippen molar-refractivity contribution < 1.29 is 19.1 Å². The van der Waals surface area contributed by atoms with Gasteiger partial charge in [-0.1, -0.05) is 35.5 Å². The van der Waals surface area contributed by atoms with Gasteiger partial charge in [0, 0.05) is 19.0 Å². The number of nitrogens with zero attached hydrogens (tertiary/aromatic N) is 2. The SMILES string of the molecule is N/C(CC(c1ccccc1)N(CCO)CC(F)F)=N/O. The summed E-state index contributed by atoms with van der Waals surface area (Å²) in [6.07, 6.45) is -2.42. The predicted molar refractivity (Wildman–Crippen MR) is 71.9 cm³/mol. The molecule has 5 nitrogen and oxygen atoms in total. The van der Waals surface area contributed by atoms with Crippen LogP contribution in [0, 0.1) is 0 Å². The zero-order valence-electron chi connectivity index (χ0n) is 11.0. The summed E-state index contributed by atoms with van der Waals surface area (Å²) >= 11 is 0. The van der Waals surface area contributed by atoms with Crippen LogP contribution in [0.4, 0.5) is 8.78 Å². The molecule has 20 heavy (non-hydrogen) atoms. The maximum Gasteiger partial charge on any atom is 0.251 e. The smallest absolute Gasteiger partial charge is 0.251 e. The van der Waals surface area contributed by atoms with E-state index in [1.165, 1.54) is 4.90 Å². The largest absolute Gasteiger partial charge is 0.409 e. The van der Waals surface area contributed by atoms with E-state index >= 15 is 0 Å². The van der Waals surface area contributed by atoms with E-state index < -0.39 is 19.0 Å². The van der Waals surface area contributed by atoms with Gasteiger partial charge in [0.1, 0.15) is 5.84 Å². The third-order valence-electron chi connectivity index (χ3n) is 2.92. The summed E-state index contributed by atoms with van der Waals surface area (Å²) in [7, 11) is 0. The molecule has 0 spiro atoms. The molecule has 0 radical (unpaired) electrons. The Labute approximate surface area is 116 Å². The third kappa shape index (κ3) is 5.10. The van der Waals surface area contributed by atoms with E-state index in [1.807, 2.05) is 6.07 Å². The highest BCUT2D eigenvalue weighted by atomic mass is 19.3. The summed E-state index contributed by atoms with van der Waals surface area (Å²) in [6.45, 7) is -0.645. The van der Waals surface area contributed by atoms with Gasteiger partial charge in [0.05, 0.1) is 13.2 Å². The molecule has 0 heterocycles. The molecule has 0 aliphatic carbocycles. The number of nitrogens with two attached hydrogens (primary N) is 1. The van der Waals surface area contributed by atoms with E-state index in [1.54, 1.807) is 24.3 Å². The molecule has 0 bridgehead atoms. The van der Waals surface area contributed by atoms with Crippen molar-refractivity contribution in [3.05, 3.63) is 35.9 Å². The molecule has 0 saturated heterocycles. The van der Waals surface area contributed by atoms with Crippen LogP contribution in [0.1, 0.15) is 18.0 Å². The van der Waals surface area contributed by atoms with Crippen LogP contribution in [0.15, 0.2) is 35.5 Å². The van der Waals surface area contributed by atoms with Crippen molar-refractivity contribution in [3.8, 4) is 0 Å². The molecule has 1 aromatic rings. The van der Waals surface area contributed by atoms with Crippen LogP contribution in [0.25, 0.3) is 0 Å². The van der Waals surface area contributed by atoms with Gasteiger partial charge >= 0.3 is 0 Å². The van der Waals surface area contributed by atoms with Crippen molar-refractivity contribution in [2.75, 3.05) is 19.7 Å². The lowest BCUT2D eigenvalue weighted by Crippen LogP contribution is -2.37. The molecule has 1 rings (SSSR count). The fraction of sp³-hybridized carbons (Fsp3) is 0.462. The average molecular weight is 287 g/mol. The van der Waals surface area contributed by atoms with E-state index in [2.05, 4.69) is 5.16 Å². The third-order valence-corrected chi connectivity index (χ3v) is 2.92. The molecule has 4 N–H and O–H groups in total. The monoisotopic (exact) mass is 287 g/mol. The molecule has 1 atom stereocenters. The lowest BCUT2D eigenvalue weighted by atomic mass is 10.0. The number of hydrogen-bond donors (Lipinski definition) is 3. The first-order chi connectivity index (χ1) is 9.58. The van der Waals surface area contributed by atoms with Crippen molar-refractivity contribution in [1.29, 1.82) is 0 Å². The number of aliphatic hydroxyl groups is 1. The van der Waals surface area contributed by atoms with Crippen LogP contribution in [0.2, 0.25) is 0 Å². The zero-order chi connectivity index (χ0) is 15.0. The normalized spacial score (nSPS) is 13.9. The molecular weight excluding hydrogens is 268 g/mol. The van der Waals surface area contributed by atoms with Crippen LogP contribution < -0.4 is 5.73 Å².